The monoisotopic (exact) mass is 383 g/mol. The number of hydrogen-bond donors (Lipinski definition) is 0. The van der Waals surface area contributed by atoms with Crippen LogP contribution in [0.4, 0.5) is 11.9 Å². The summed E-state index contributed by atoms with van der Waals surface area (Å²) in [5.74, 6) is 2.06. The molecule has 2 rings (SSSR count). The van der Waals surface area contributed by atoms with Crippen molar-refractivity contribution in [3.8, 4) is 11.4 Å². The van der Waals surface area contributed by atoms with Crippen LogP contribution in [0.1, 0.15) is 5.56 Å². The maximum absolute atomic E-state index is 4.74. The van der Waals surface area contributed by atoms with E-state index in [1.165, 1.54) is 0 Å². The number of aromatic nitrogens is 3. The Kier molecular flexibility index (Phi) is 7.90. The van der Waals surface area contributed by atoms with Gasteiger partial charge in [0.2, 0.25) is 11.9 Å². The summed E-state index contributed by atoms with van der Waals surface area (Å²) >= 11 is 0. The van der Waals surface area contributed by atoms with Gasteiger partial charge in [-0.2, -0.15) is 15.0 Å². The van der Waals surface area contributed by atoms with Crippen molar-refractivity contribution >= 4 is 18.0 Å². The quantitative estimate of drug-likeness (QED) is 0.623. The van der Waals surface area contributed by atoms with Gasteiger partial charge in [-0.05, 0) is 33.8 Å². The molecule has 7 heteroatoms. The van der Waals surface area contributed by atoms with Gasteiger partial charge < -0.3 is 19.6 Å². The Morgan fingerprint density at radius 3 is 1.57 bits per heavy atom. The van der Waals surface area contributed by atoms with Crippen LogP contribution < -0.4 is 9.80 Å². The van der Waals surface area contributed by atoms with E-state index < -0.39 is 0 Å². The van der Waals surface area contributed by atoms with Crippen molar-refractivity contribution in [1.29, 1.82) is 0 Å². The van der Waals surface area contributed by atoms with Gasteiger partial charge in [-0.1, -0.05) is 36.9 Å². The molecule has 1 aromatic carbocycles. The summed E-state index contributed by atoms with van der Waals surface area (Å²) in [6.07, 6.45) is 1.83. The minimum absolute atomic E-state index is 0.684. The van der Waals surface area contributed by atoms with E-state index in [9.17, 15) is 0 Å². The highest BCUT2D eigenvalue weighted by molar-refractivity contribution is 5.61. The second-order valence-electron chi connectivity index (χ2n) is 7.53. The van der Waals surface area contributed by atoms with Crippen LogP contribution in [0.15, 0.2) is 30.8 Å². The van der Waals surface area contributed by atoms with Crippen molar-refractivity contribution < 1.29 is 0 Å². The van der Waals surface area contributed by atoms with Crippen molar-refractivity contribution in [3.05, 3.63) is 36.4 Å². The summed E-state index contributed by atoms with van der Waals surface area (Å²) in [5.41, 5.74) is 2.04. The van der Waals surface area contributed by atoms with Gasteiger partial charge in [-0.3, -0.25) is 0 Å². The molecule has 0 fully saturated rings. The number of nitrogens with zero attached hydrogens (tertiary/aromatic N) is 7. The van der Waals surface area contributed by atoms with Gasteiger partial charge in [0.25, 0.3) is 0 Å². The van der Waals surface area contributed by atoms with Crippen LogP contribution >= 0.6 is 0 Å². The molecular weight excluding hydrogens is 350 g/mol. The van der Waals surface area contributed by atoms with Gasteiger partial charge in [0.05, 0.1) is 0 Å². The van der Waals surface area contributed by atoms with E-state index in [0.717, 1.165) is 37.3 Å². The molecule has 0 aliphatic heterocycles. The second-order valence-corrected chi connectivity index (χ2v) is 7.53. The lowest BCUT2D eigenvalue weighted by molar-refractivity contribution is 0.414. The third-order valence-electron chi connectivity index (χ3n) is 4.46. The molecule has 0 N–H and O–H groups in total. The fourth-order valence-electron chi connectivity index (χ4n) is 2.49. The minimum Gasteiger partial charge on any atom is -0.342 e. The van der Waals surface area contributed by atoms with Crippen LogP contribution in [0.5, 0.6) is 0 Å². The summed E-state index contributed by atoms with van der Waals surface area (Å²) in [7, 11) is 12.3. The van der Waals surface area contributed by atoms with E-state index in [2.05, 4.69) is 54.4 Å². The number of hydrogen-bond acceptors (Lipinski definition) is 7. The molecule has 0 aliphatic rings. The lowest BCUT2D eigenvalue weighted by atomic mass is 10.1. The van der Waals surface area contributed by atoms with Gasteiger partial charge in [0.1, 0.15) is 0 Å². The molecule has 0 radical (unpaired) electrons. The molecule has 2 aromatic rings. The highest BCUT2D eigenvalue weighted by Gasteiger charge is 2.15. The zero-order chi connectivity index (χ0) is 20.7. The zero-order valence-electron chi connectivity index (χ0n) is 18.1. The Balaban J connectivity index is 2.37. The maximum atomic E-state index is 4.74. The van der Waals surface area contributed by atoms with E-state index in [0.29, 0.717) is 17.7 Å². The molecule has 152 valence electrons. The van der Waals surface area contributed by atoms with Crippen LogP contribution in [0.3, 0.4) is 0 Å². The first kappa shape index (κ1) is 21.8. The Morgan fingerprint density at radius 1 is 0.714 bits per heavy atom. The van der Waals surface area contributed by atoms with Crippen molar-refractivity contribution in [2.45, 2.75) is 0 Å². The van der Waals surface area contributed by atoms with Crippen LogP contribution in [0.25, 0.3) is 17.5 Å². The molecule has 0 aliphatic carbocycles. The Bertz CT molecular complexity index is 720. The van der Waals surface area contributed by atoms with Crippen molar-refractivity contribution in [1.82, 2.24) is 24.8 Å². The summed E-state index contributed by atoms with van der Waals surface area (Å²) in [6, 6.07) is 8.10. The van der Waals surface area contributed by atoms with Gasteiger partial charge in [-0.15, -0.1) is 0 Å². The molecule has 0 bridgehead atoms. The fraction of sp³-hybridized carbons (Fsp3) is 0.476. The first-order valence-corrected chi connectivity index (χ1v) is 9.51. The molecule has 1 heterocycles. The highest BCUT2D eigenvalue weighted by atomic mass is 15.3. The molecule has 7 nitrogen and oxygen atoms in total. The molecule has 0 spiro atoms. The molecular formula is C21H33N7. The largest absolute Gasteiger partial charge is 0.342 e. The highest BCUT2D eigenvalue weighted by Crippen LogP contribution is 2.21. The summed E-state index contributed by atoms with van der Waals surface area (Å²) < 4.78 is 0. The standard InChI is InChI=1S/C21H33N7/c1-8-17-9-11-18(12-10-17)19-22-20(27(6)15-13-25(2)3)24-21(23-19)28(7)16-14-26(4)5/h8-12H,1,13-16H2,2-7H3. The van der Waals surface area contributed by atoms with Crippen molar-refractivity contribution in [2.75, 3.05) is 78.3 Å². The van der Waals surface area contributed by atoms with Crippen LogP contribution in [-0.2, 0) is 0 Å². The van der Waals surface area contributed by atoms with E-state index in [4.69, 9.17) is 15.0 Å². The van der Waals surface area contributed by atoms with Crippen LogP contribution in [-0.4, -0.2) is 93.2 Å². The molecule has 0 saturated carbocycles. The van der Waals surface area contributed by atoms with Crippen LogP contribution in [0, 0.1) is 0 Å². The van der Waals surface area contributed by atoms with E-state index in [1.807, 2.05) is 44.4 Å². The van der Waals surface area contributed by atoms with Gasteiger partial charge >= 0.3 is 0 Å². The summed E-state index contributed by atoms with van der Waals surface area (Å²) in [4.78, 5) is 22.6. The fourth-order valence-corrected chi connectivity index (χ4v) is 2.49. The molecule has 0 atom stereocenters. The lowest BCUT2D eigenvalue weighted by Gasteiger charge is -2.23. The minimum atomic E-state index is 0.684. The number of benzene rings is 1. The van der Waals surface area contributed by atoms with Crippen molar-refractivity contribution in [3.63, 3.8) is 0 Å². The van der Waals surface area contributed by atoms with Gasteiger partial charge in [0, 0.05) is 45.8 Å². The molecule has 28 heavy (non-hydrogen) atoms. The molecule has 0 saturated heterocycles. The van der Waals surface area contributed by atoms with Crippen molar-refractivity contribution in [2.24, 2.45) is 0 Å². The average Bonchev–Trinajstić information content (AvgIpc) is 2.69. The third kappa shape index (κ3) is 6.28. The molecule has 0 unspecified atom stereocenters. The van der Waals surface area contributed by atoms with Gasteiger partial charge in [-0.25, -0.2) is 0 Å². The maximum Gasteiger partial charge on any atom is 0.230 e. The second kappa shape index (κ2) is 10.1. The normalized spacial score (nSPS) is 11.1. The SMILES string of the molecule is C=Cc1ccc(-c2nc(N(C)CCN(C)C)nc(N(C)CCN(C)C)n2)cc1. The first-order valence-electron chi connectivity index (χ1n) is 9.51. The number of rotatable bonds is 10. The predicted molar refractivity (Wildman–Crippen MR) is 119 cm³/mol. The predicted octanol–water partition coefficient (Wildman–Crippen LogP) is 2.18. The average molecular weight is 384 g/mol. The van der Waals surface area contributed by atoms with E-state index in [-0.39, 0.29) is 0 Å². The molecule has 0 amide bonds. The Morgan fingerprint density at radius 2 is 1.18 bits per heavy atom. The third-order valence-corrected chi connectivity index (χ3v) is 4.46. The smallest absolute Gasteiger partial charge is 0.230 e. The Labute approximate surface area is 169 Å². The lowest BCUT2D eigenvalue weighted by Crippen LogP contribution is -2.32. The van der Waals surface area contributed by atoms with E-state index in [1.54, 1.807) is 0 Å². The summed E-state index contributed by atoms with van der Waals surface area (Å²) in [6.45, 7) is 7.35. The molecule has 1 aromatic heterocycles. The van der Waals surface area contributed by atoms with Gasteiger partial charge in [0.15, 0.2) is 5.82 Å². The first-order chi connectivity index (χ1) is 13.3. The topological polar surface area (TPSA) is 51.6 Å². The Hall–Kier alpha value is -2.51. The number of anilines is 2. The zero-order valence-corrected chi connectivity index (χ0v) is 18.1. The van der Waals surface area contributed by atoms with E-state index >= 15 is 0 Å². The number of likely N-dealkylation sites (N-methyl/N-ethyl adjacent to an activating group) is 4. The summed E-state index contributed by atoms with van der Waals surface area (Å²) in [5, 5.41) is 0. The van der Waals surface area contributed by atoms with Crippen LogP contribution in [0.2, 0.25) is 0 Å².